The third-order valence-electron chi connectivity index (χ3n) is 2.77. The molecular formula is C16H20N2O2S. The largest absolute Gasteiger partial charge is 0.301 e. The number of carbonyl (C=O) groups is 1. The van der Waals surface area contributed by atoms with Gasteiger partial charge in [0.15, 0.2) is 0 Å². The fraction of sp³-hybridized carbons (Fsp3) is 0.312. The number of aryl methyl sites for hydroxylation is 1. The molecule has 1 aromatic heterocycles. The second-order valence-corrected chi connectivity index (χ2v) is 5.31. The molecule has 1 rings (SSSR count). The molecule has 0 aromatic carbocycles. The number of carbonyl (C=O) groups excluding carboxylic acids is 1. The molecule has 1 aromatic rings. The molecule has 21 heavy (non-hydrogen) atoms. The fourth-order valence-electron chi connectivity index (χ4n) is 1.88. The summed E-state index contributed by atoms with van der Waals surface area (Å²) in [7, 11) is 0. The molecular weight excluding hydrogens is 284 g/mol. The summed E-state index contributed by atoms with van der Waals surface area (Å²) in [4.78, 5) is 27.8. The van der Waals surface area contributed by atoms with E-state index in [1.165, 1.54) is 10.6 Å². The highest BCUT2D eigenvalue weighted by Gasteiger charge is 2.09. The molecule has 0 amide bonds. The van der Waals surface area contributed by atoms with E-state index in [1.807, 2.05) is 39.0 Å². The zero-order valence-corrected chi connectivity index (χ0v) is 13.6. The number of hydrogen-bond acceptors (Lipinski definition) is 4. The SMILES string of the molecule is C/C=C\C(=C(\S)C=C(C)C)c1cc(=O)n(CC=O)c(C)n1. The van der Waals surface area contributed by atoms with E-state index in [9.17, 15) is 9.59 Å². The van der Waals surface area contributed by atoms with Gasteiger partial charge in [-0.3, -0.25) is 9.36 Å². The zero-order chi connectivity index (χ0) is 16.0. The van der Waals surface area contributed by atoms with Crippen molar-refractivity contribution in [1.29, 1.82) is 0 Å². The number of allylic oxidation sites excluding steroid dienone is 5. The van der Waals surface area contributed by atoms with Crippen LogP contribution in [0.4, 0.5) is 0 Å². The Bertz CT molecular complexity index is 678. The van der Waals surface area contributed by atoms with E-state index in [1.54, 1.807) is 6.92 Å². The molecule has 0 unspecified atom stereocenters. The van der Waals surface area contributed by atoms with Crippen LogP contribution < -0.4 is 5.56 Å². The van der Waals surface area contributed by atoms with Crippen LogP contribution in [0.25, 0.3) is 5.57 Å². The molecule has 0 saturated heterocycles. The predicted octanol–water partition coefficient (Wildman–Crippen LogP) is 2.93. The van der Waals surface area contributed by atoms with Crippen molar-refractivity contribution in [2.75, 3.05) is 0 Å². The first kappa shape index (κ1) is 17.2. The van der Waals surface area contributed by atoms with Crippen molar-refractivity contribution < 1.29 is 4.79 Å². The summed E-state index contributed by atoms with van der Waals surface area (Å²) >= 11 is 4.49. The number of hydrogen-bond donors (Lipinski definition) is 1. The van der Waals surface area contributed by atoms with Crippen LogP contribution in [0.2, 0.25) is 0 Å². The summed E-state index contributed by atoms with van der Waals surface area (Å²) in [5.41, 5.74) is 2.19. The molecule has 0 aliphatic heterocycles. The molecule has 5 heteroatoms. The molecule has 0 N–H and O–H groups in total. The summed E-state index contributed by atoms with van der Waals surface area (Å²) in [5.74, 6) is 0.505. The third kappa shape index (κ3) is 4.56. The summed E-state index contributed by atoms with van der Waals surface area (Å²) in [6, 6.07) is 1.43. The number of aromatic nitrogens is 2. The van der Waals surface area contributed by atoms with E-state index >= 15 is 0 Å². The van der Waals surface area contributed by atoms with Crippen molar-refractivity contribution in [1.82, 2.24) is 9.55 Å². The van der Waals surface area contributed by atoms with E-state index in [-0.39, 0.29) is 12.1 Å². The summed E-state index contributed by atoms with van der Waals surface area (Å²) < 4.78 is 1.34. The second-order valence-electron chi connectivity index (χ2n) is 4.82. The van der Waals surface area contributed by atoms with Crippen molar-refractivity contribution in [2.24, 2.45) is 0 Å². The Hall–Kier alpha value is -1.88. The van der Waals surface area contributed by atoms with Crippen LogP contribution >= 0.6 is 12.6 Å². The maximum Gasteiger partial charge on any atom is 0.254 e. The van der Waals surface area contributed by atoms with Crippen molar-refractivity contribution in [3.05, 3.63) is 56.6 Å². The van der Waals surface area contributed by atoms with Gasteiger partial charge in [0.05, 0.1) is 12.2 Å². The molecule has 0 aliphatic carbocycles. The first-order valence-electron chi connectivity index (χ1n) is 6.64. The van der Waals surface area contributed by atoms with Crippen LogP contribution in [-0.2, 0) is 11.3 Å². The van der Waals surface area contributed by atoms with Gasteiger partial charge in [0.25, 0.3) is 5.56 Å². The fourth-order valence-corrected chi connectivity index (χ4v) is 2.32. The van der Waals surface area contributed by atoms with Gasteiger partial charge >= 0.3 is 0 Å². The minimum absolute atomic E-state index is 0.0162. The Morgan fingerprint density at radius 1 is 1.43 bits per heavy atom. The highest BCUT2D eigenvalue weighted by Crippen LogP contribution is 2.22. The third-order valence-corrected chi connectivity index (χ3v) is 3.14. The van der Waals surface area contributed by atoms with E-state index in [0.29, 0.717) is 17.8 Å². The van der Waals surface area contributed by atoms with E-state index in [4.69, 9.17) is 0 Å². The zero-order valence-electron chi connectivity index (χ0n) is 12.8. The lowest BCUT2D eigenvalue weighted by molar-refractivity contribution is -0.108. The Labute approximate surface area is 130 Å². The Balaban J connectivity index is 3.52. The van der Waals surface area contributed by atoms with Crippen molar-refractivity contribution in [3.63, 3.8) is 0 Å². The first-order valence-corrected chi connectivity index (χ1v) is 7.08. The lowest BCUT2D eigenvalue weighted by Crippen LogP contribution is -2.24. The van der Waals surface area contributed by atoms with Gasteiger partial charge in [-0.25, -0.2) is 4.98 Å². The van der Waals surface area contributed by atoms with Gasteiger partial charge in [0, 0.05) is 16.5 Å². The number of nitrogens with zero attached hydrogens (tertiary/aromatic N) is 2. The van der Waals surface area contributed by atoms with Gasteiger partial charge in [-0.1, -0.05) is 17.7 Å². The van der Waals surface area contributed by atoms with Crippen LogP contribution in [0.1, 0.15) is 32.3 Å². The smallest absolute Gasteiger partial charge is 0.254 e. The molecule has 112 valence electrons. The molecule has 0 saturated carbocycles. The topological polar surface area (TPSA) is 52.0 Å². The Morgan fingerprint density at radius 2 is 2.10 bits per heavy atom. The summed E-state index contributed by atoms with van der Waals surface area (Å²) in [5, 5.41) is 0. The van der Waals surface area contributed by atoms with E-state index < -0.39 is 0 Å². The van der Waals surface area contributed by atoms with Gasteiger partial charge < -0.3 is 4.79 Å². The molecule has 0 bridgehead atoms. The molecule has 1 heterocycles. The van der Waals surface area contributed by atoms with Crippen LogP contribution in [0.15, 0.2) is 39.6 Å². The number of rotatable bonds is 5. The van der Waals surface area contributed by atoms with Crippen molar-refractivity contribution >= 4 is 24.5 Å². The first-order chi connectivity index (χ1) is 9.90. The highest BCUT2D eigenvalue weighted by atomic mass is 32.1. The Kier molecular flexibility index (Phi) is 6.37. The predicted molar refractivity (Wildman–Crippen MR) is 89.4 cm³/mol. The van der Waals surface area contributed by atoms with Gasteiger partial charge in [0.1, 0.15) is 12.1 Å². The van der Waals surface area contributed by atoms with Crippen LogP contribution in [0, 0.1) is 6.92 Å². The maximum atomic E-state index is 12.1. The normalized spacial score (nSPS) is 12.2. The highest BCUT2D eigenvalue weighted by molar-refractivity contribution is 7.85. The van der Waals surface area contributed by atoms with Gasteiger partial charge in [-0.15, -0.1) is 12.6 Å². The maximum absolute atomic E-state index is 12.1. The van der Waals surface area contributed by atoms with Crippen LogP contribution in [0.3, 0.4) is 0 Å². The standard InChI is InChI=1S/C16H20N2O2S/c1-5-6-13(15(21)9-11(2)3)14-10-16(20)18(7-8-19)12(4)17-14/h5-6,8-10,21H,7H2,1-4H3/b6-5-,15-13-. The second kappa shape index (κ2) is 7.78. The van der Waals surface area contributed by atoms with Gasteiger partial charge in [0.2, 0.25) is 0 Å². The van der Waals surface area contributed by atoms with E-state index in [0.717, 1.165) is 16.1 Å². The molecule has 0 radical (unpaired) electrons. The van der Waals surface area contributed by atoms with Gasteiger partial charge in [-0.05, 0) is 33.8 Å². The van der Waals surface area contributed by atoms with Crippen LogP contribution in [0.5, 0.6) is 0 Å². The molecule has 0 atom stereocenters. The number of thiol groups is 1. The van der Waals surface area contributed by atoms with Crippen molar-refractivity contribution in [3.8, 4) is 0 Å². The Morgan fingerprint density at radius 3 is 2.57 bits per heavy atom. The minimum atomic E-state index is -0.245. The monoisotopic (exact) mass is 304 g/mol. The lowest BCUT2D eigenvalue weighted by Gasteiger charge is -2.10. The summed E-state index contributed by atoms with van der Waals surface area (Å²) in [6.07, 6.45) is 6.35. The number of aldehydes is 1. The average Bonchev–Trinajstić information content (AvgIpc) is 2.39. The molecule has 0 spiro atoms. The van der Waals surface area contributed by atoms with Gasteiger partial charge in [-0.2, -0.15) is 0 Å². The molecule has 0 aliphatic rings. The summed E-state index contributed by atoms with van der Waals surface area (Å²) in [6.45, 7) is 7.57. The van der Waals surface area contributed by atoms with Crippen molar-refractivity contribution in [2.45, 2.75) is 34.2 Å². The van der Waals surface area contributed by atoms with Crippen LogP contribution in [-0.4, -0.2) is 15.8 Å². The quantitative estimate of drug-likeness (QED) is 0.517. The minimum Gasteiger partial charge on any atom is -0.301 e. The van der Waals surface area contributed by atoms with E-state index in [2.05, 4.69) is 17.6 Å². The molecule has 4 nitrogen and oxygen atoms in total. The average molecular weight is 304 g/mol. The molecule has 0 fully saturated rings. The lowest BCUT2D eigenvalue weighted by atomic mass is 10.1.